The molecule has 132 valence electrons. The second-order valence-corrected chi connectivity index (χ2v) is 5.69. The fourth-order valence-corrected chi connectivity index (χ4v) is 2.79. The maximum Gasteiger partial charge on any atom is 0.213 e. The van der Waals surface area contributed by atoms with Crippen LogP contribution in [-0.2, 0) is 4.79 Å². The molecule has 0 aliphatic carbocycles. The van der Waals surface area contributed by atoms with Gasteiger partial charge in [-0.3, -0.25) is 10.1 Å². The third-order valence-electron chi connectivity index (χ3n) is 3.95. The third kappa shape index (κ3) is 3.49. The Morgan fingerprint density at radius 2 is 2.08 bits per heavy atom. The van der Waals surface area contributed by atoms with E-state index in [1.54, 1.807) is 0 Å². The molecule has 26 heavy (non-hydrogen) atoms. The van der Waals surface area contributed by atoms with Gasteiger partial charge in [-0.25, -0.2) is 9.98 Å². The number of nitrogens with one attached hydrogen (secondary N) is 1. The van der Waals surface area contributed by atoms with Crippen molar-refractivity contribution in [1.29, 1.82) is 0 Å². The fraction of sp³-hybridized carbons (Fsp3) is 0.150. The summed E-state index contributed by atoms with van der Waals surface area (Å²) in [4.78, 5) is 19.8. The van der Waals surface area contributed by atoms with E-state index >= 15 is 0 Å². The number of nitrogens with two attached hydrogens (primary N) is 1. The van der Waals surface area contributed by atoms with Gasteiger partial charge in [0.25, 0.3) is 0 Å². The highest BCUT2D eigenvalue weighted by Gasteiger charge is 2.13. The normalized spacial score (nSPS) is 11.4. The van der Waals surface area contributed by atoms with E-state index in [0.717, 1.165) is 22.2 Å². The van der Waals surface area contributed by atoms with Gasteiger partial charge in [0.2, 0.25) is 6.41 Å². The summed E-state index contributed by atoms with van der Waals surface area (Å²) in [7, 11) is 0. The lowest BCUT2D eigenvalue weighted by atomic mass is 10.0. The van der Waals surface area contributed by atoms with E-state index in [9.17, 15) is 4.79 Å². The minimum absolute atomic E-state index is 0.0186. The molecule has 0 bridgehead atoms. The van der Waals surface area contributed by atoms with Crippen molar-refractivity contribution >= 4 is 29.0 Å². The standard InChI is InChI=1S/C20H20N4O2/c1-3-26-18-10-6-9-15-17(24-20(21)22-12-25)11-16(23-19(15)18)14-8-5-4-7-13(14)2/h4-12H,3H2,1-2H3,(H3,21,22,23,24,25). The van der Waals surface area contributed by atoms with Gasteiger partial charge < -0.3 is 10.5 Å². The van der Waals surface area contributed by atoms with E-state index in [-0.39, 0.29) is 5.96 Å². The van der Waals surface area contributed by atoms with Gasteiger partial charge in [0.1, 0.15) is 11.3 Å². The van der Waals surface area contributed by atoms with Crippen LogP contribution in [0.4, 0.5) is 5.69 Å². The number of hydrogen-bond acceptors (Lipinski definition) is 4. The molecule has 6 nitrogen and oxygen atoms in total. The zero-order chi connectivity index (χ0) is 18.5. The summed E-state index contributed by atoms with van der Waals surface area (Å²) in [5.74, 6) is 0.698. The SMILES string of the molecule is CCOc1cccc2c(N=C(N)NC=O)cc(-c3ccccc3C)nc12. The molecular weight excluding hydrogens is 328 g/mol. The number of para-hydroxylation sites is 1. The van der Waals surface area contributed by atoms with Gasteiger partial charge in [0.05, 0.1) is 18.0 Å². The van der Waals surface area contributed by atoms with Gasteiger partial charge in [0, 0.05) is 10.9 Å². The summed E-state index contributed by atoms with van der Waals surface area (Å²) in [6, 6.07) is 15.5. The van der Waals surface area contributed by atoms with Crippen molar-refractivity contribution in [3.63, 3.8) is 0 Å². The first kappa shape index (κ1) is 17.4. The van der Waals surface area contributed by atoms with Crippen LogP contribution in [0.5, 0.6) is 5.75 Å². The molecule has 3 N–H and O–H groups in total. The van der Waals surface area contributed by atoms with Gasteiger partial charge in [-0.2, -0.15) is 0 Å². The van der Waals surface area contributed by atoms with Gasteiger partial charge in [-0.05, 0) is 31.5 Å². The molecule has 3 rings (SSSR count). The molecule has 0 aliphatic heterocycles. The quantitative estimate of drug-likeness (QED) is 0.420. The van der Waals surface area contributed by atoms with Gasteiger partial charge in [-0.15, -0.1) is 0 Å². The van der Waals surface area contributed by atoms with E-state index in [1.807, 2.05) is 62.4 Å². The van der Waals surface area contributed by atoms with Crippen LogP contribution in [0.3, 0.4) is 0 Å². The van der Waals surface area contributed by atoms with Crippen molar-refractivity contribution < 1.29 is 9.53 Å². The molecule has 0 radical (unpaired) electrons. The third-order valence-corrected chi connectivity index (χ3v) is 3.95. The van der Waals surface area contributed by atoms with Crippen molar-refractivity contribution in [3.8, 4) is 17.0 Å². The minimum Gasteiger partial charge on any atom is -0.492 e. The summed E-state index contributed by atoms with van der Waals surface area (Å²) in [5, 5.41) is 3.16. The topological polar surface area (TPSA) is 89.6 Å². The largest absolute Gasteiger partial charge is 0.492 e. The average molecular weight is 348 g/mol. The molecule has 1 aromatic heterocycles. The average Bonchev–Trinajstić information content (AvgIpc) is 2.63. The Labute approximate surface area is 151 Å². The number of amides is 1. The van der Waals surface area contributed by atoms with Crippen molar-refractivity contribution in [2.24, 2.45) is 10.7 Å². The van der Waals surface area contributed by atoms with Crippen LogP contribution < -0.4 is 15.8 Å². The van der Waals surface area contributed by atoms with Crippen LogP contribution in [0, 0.1) is 6.92 Å². The molecule has 6 heteroatoms. The number of aromatic nitrogens is 1. The second-order valence-electron chi connectivity index (χ2n) is 5.69. The number of ether oxygens (including phenoxy) is 1. The number of aryl methyl sites for hydroxylation is 1. The molecule has 0 unspecified atom stereocenters. The highest BCUT2D eigenvalue weighted by atomic mass is 16.5. The lowest BCUT2D eigenvalue weighted by Crippen LogP contribution is -2.29. The number of benzene rings is 2. The predicted molar refractivity (Wildman–Crippen MR) is 104 cm³/mol. The molecule has 0 spiro atoms. The fourth-order valence-electron chi connectivity index (χ4n) is 2.79. The van der Waals surface area contributed by atoms with Crippen LogP contribution >= 0.6 is 0 Å². The van der Waals surface area contributed by atoms with Crippen LogP contribution in [0.2, 0.25) is 0 Å². The zero-order valence-corrected chi connectivity index (χ0v) is 14.7. The van der Waals surface area contributed by atoms with E-state index in [0.29, 0.717) is 30.0 Å². The number of guanidine groups is 1. The predicted octanol–water partition coefficient (Wildman–Crippen LogP) is 3.30. The van der Waals surface area contributed by atoms with E-state index in [1.165, 1.54) is 0 Å². The Hall–Kier alpha value is -3.41. The zero-order valence-electron chi connectivity index (χ0n) is 14.7. The Balaban J connectivity index is 2.30. The molecule has 2 aromatic carbocycles. The van der Waals surface area contributed by atoms with Crippen molar-refractivity contribution in [3.05, 3.63) is 54.1 Å². The lowest BCUT2D eigenvalue weighted by Gasteiger charge is -2.12. The Kier molecular flexibility index (Phi) is 5.12. The lowest BCUT2D eigenvalue weighted by molar-refractivity contribution is -0.108. The summed E-state index contributed by atoms with van der Waals surface area (Å²) >= 11 is 0. The van der Waals surface area contributed by atoms with Crippen LogP contribution in [0.1, 0.15) is 12.5 Å². The maximum atomic E-state index is 10.6. The number of nitrogens with zero attached hydrogens (tertiary/aromatic N) is 2. The van der Waals surface area contributed by atoms with Crippen molar-refractivity contribution in [2.75, 3.05) is 6.61 Å². The number of rotatable bonds is 5. The Morgan fingerprint density at radius 1 is 1.27 bits per heavy atom. The van der Waals surface area contributed by atoms with Crippen molar-refractivity contribution in [1.82, 2.24) is 10.3 Å². The first-order valence-corrected chi connectivity index (χ1v) is 8.31. The monoisotopic (exact) mass is 348 g/mol. The summed E-state index contributed by atoms with van der Waals surface area (Å²) in [6.07, 6.45) is 0.496. The highest BCUT2D eigenvalue weighted by Crippen LogP contribution is 2.35. The number of carbonyl (C=O) groups is 1. The summed E-state index contributed by atoms with van der Waals surface area (Å²) in [6.45, 7) is 4.48. The van der Waals surface area contributed by atoms with Crippen LogP contribution in [0.15, 0.2) is 53.5 Å². The van der Waals surface area contributed by atoms with E-state index in [2.05, 4.69) is 10.3 Å². The number of pyridine rings is 1. The molecule has 1 amide bonds. The smallest absolute Gasteiger partial charge is 0.213 e. The molecule has 0 saturated carbocycles. The maximum absolute atomic E-state index is 10.6. The number of carbonyl (C=O) groups excluding carboxylic acids is 1. The molecule has 1 heterocycles. The second kappa shape index (κ2) is 7.65. The van der Waals surface area contributed by atoms with Gasteiger partial charge in [0.15, 0.2) is 5.96 Å². The van der Waals surface area contributed by atoms with Gasteiger partial charge >= 0.3 is 0 Å². The van der Waals surface area contributed by atoms with Gasteiger partial charge in [-0.1, -0.05) is 36.4 Å². The van der Waals surface area contributed by atoms with Crippen LogP contribution in [-0.4, -0.2) is 24.0 Å². The summed E-state index contributed by atoms with van der Waals surface area (Å²) in [5.41, 5.74) is 9.96. The number of hydrogen-bond donors (Lipinski definition) is 2. The molecule has 0 saturated heterocycles. The first-order chi connectivity index (χ1) is 12.6. The molecule has 3 aromatic rings. The number of aliphatic imine (C=N–C) groups is 1. The van der Waals surface area contributed by atoms with E-state index < -0.39 is 0 Å². The molecular formula is C20H20N4O2. The summed E-state index contributed by atoms with van der Waals surface area (Å²) < 4.78 is 5.73. The number of fused-ring (bicyclic) bond motifs is 1. The Bertz CT molecular complexity index is 983. The molecule has 0 atom stereocenters. The van der Waals surface area contributed by atoms with Crippen LogP contribution in [0.25, 0.3) is 22.2 Å². The molecule has 0 fully saturated rings. The molecule has 0 aliphatic rings. The van der Waals surface area contributed by atoms with Crippen molar-refractivity contribution in [2.45, 2.75) is 13.8 Å². The minimum atomic E-state index is 0.0186. The van der Waals surface area contributed by atoms with E-state index in [4.69, 9.17) is 15.5 Å². The first-order valence-electron chi connectivity index (χ1n) is 8.31. The highest BCUT2D eigenvalue weighted by molar-refractivity contribution is 5.99. The Morgan fingerprint density at radius 3 is 2.81 bits per heavy atom.